The van der Waals surface area contributed by atoms with Gasteiger partial charge in [0.05, 0.1) is 12.7 Å². The molecule has 1 amide bonds. The van der Waals surface area contributed by atoms with Gasteiger partial charge in [0, 0.05) is 18.7 Å². The number of ether oxygens (including phenoxy) is 1. The van der Waals surface area contributed by atoms with Crippen molar-refractivity contribution in [2.24, 2.45) is 0 Å². The number of piperidine rings is 1. The first kappa shape index (κ1) is 17.0. The molecule has 0 spiro atoms. The van der Waals surface area contributed by atoms with Gasteiger partial charge in [0.2, 0.25) is 0 Å². The summed E-state index contributed by atoms with van der Waals surface area (Å²) in [5.74, 6) is 0.152. The van der Waals surface area contributed by atoms with Crippen molar-refractivity contribution in [1.82, 2.24) is 4.90 Å². The zero-order chi connectivity index (χ0) is 17.8. The van der Waals surface area contributed by atoms with Gasteiger partial charge >= 0.3 is 5.97 Å². The Hall–Kier alpha value is -2.82. The number of nitrogens with zero attached hydrogens (tertiary/aromatic N) is 1. The van der Waals surface area contributed by atoms with E-state index in [-0.39, 0.29) is 11.5 Å². The summed E-state index contributed by atoms with van der Waals surface area (Å²) < 4.78 is 5.19. The maximum Gasteiger partial charge on any atom is 0.335 e. The third-order valence-corrected chi connectivity index (χ3v) is 4.73. The minimum atomic E-state index is -1.02. The molecule has 1 saturated heterocycles. The molecule has 0 aromatic heterocycles. The summed E-state index contributed by atoms with van der Waals surface area (Å²) in [6, 6.07) is 14.3. The molecule has 0 saturated carbocycles. The van der Waals surface area contributed by atoms with Crippen molar-refractivity contribution in [3.05, 3.63) is 65.2 Å². The van der Waals surface area contributed by atoms with E-state index < -0.39 is 5.97 Å². The molecule has 1 aliphatic rings. The maximum absolute atomic E-state index is 12.6. The Balaban J connectivity index is 1.64. The van der Waals surface area contributed by atoms with Gasteiger partial charge in [-0.3, -0.25) is 4.79 Å². The van der Waals surface area contributed by atoms with Crippen LogP contribution < -0.4 is 4.74 Å². The van der Waals surface area contributed by atoms with E-state index in [1.165, 1.54) is 17.7 Å². The second kappa shape index (κ2) is 7.38. The van der Waals surface area contributed by atoms with Gasteiger partial charge in [-0.2, -0.15) is 0 Å². The highest BCUT2D eigenvalue weighted by Gasteiger charge is 2.25. The monoisotopic (exact) mass is 339 g/mol. The predicted molar refractivity (Wildman–Crippen MR) is 94.3 cm³/mol. The number of likely N-dealkylation sites (tertiary alicyclic amines) is 1. The van der Waals surface area contributed by atoms with Gasteiger partial charge in [-0.15, -0.1) is 0 Å². The van der Waals surface area contributed by atoms with E-state index in [0.717, 1.165) is 18.6 Å². The Morgan fingerprint density at radius 1 is 1.04 bits per heavy atom. The van der Waals surface area contributed by atoms with E-state index in [9.17, 15) is 9.59 Å². The standard InChI is InChI=1S/C20H21NO4/c1-25-18-7-5-14(6-8-18)15-9-11-21(12-10-15)19(22)16-3-2-4-17(13-16)20(23)24/h2-8,13,15H,9-12H2,1H3,(H,23,24). The molecular weight excluding hydrogens is 318 g/mol. The van der Waals surface area contributed by atoms with Crippen molar-refractivity contribution in [3.63, 3.8) is 0 Å². The fourth-order valence-corrected chi connectivity index (χ4v) is 3.26. The molecule has 130 valence electrons. The number of hydrogen-bond acceptors (Lipinski definition) is 3. The fraction of sp³-hybridized carbons (Fsp3) is 0.300. The van der Waals surface area contributed by atoms with Gasteiger partial charge in [0.1, 0.15) is 5.75 Å². The lowest BCUT2D eigenvalue weighted by Gasteiger charge is -2.32. The summed E-state index contributed by atoms with van der Waals surface area (Å²) in [5, 5.41) is 9.07. The normalized spacial score (nSPS) is 15.0. The predicted octanol–water partition coefficient (Wildman–Crippen LogP) is 3.41. The molecule has 1 aliphatic heterocycles. The second-order valence-electron chi connectivity index (χ2n) is 6.23. The molecule has 2 aromatic rings. The van der Waals surface area contributed by atoms with Crippen molar-refractivity contribution < 1.29 is 19.4 Å². The molecule has 3 rings (SSSR count). The molecule has 0 aliphatic carbocycles. The average Bonchev–Trinajstić information content (AvgIpc) is 2.67. The van der Waals surface area contributed by atoms with Crippen LogP contribution in [-0.4, -0.2) is 42.1 Å². The average molecular weight is 339 g/mol. The molecule has 1 heterocycles. The number of amides is 1. The van der Waals surface area contributed by atoms with Gasteiger partial charge in [-0.25, -0.2) is 4.79 Å². The van der Waals surface area contributed by atoms with Crippen molar-refractivity contribution in [2.75, 3.05) is 20.2 Å². The van der Waals surface area contributed by atoms with Crippen LogP contribution in [0, 0.1) is 0 Å². The number of aromatic carboxylic acids is 1. The quantitative estimate of drug-likeness (QED) is 0.927. The Kier molecular flexibility index (Phi) is 5.03. The van der Waals surface area contributed by atoms with Crippen molar-refractivity contribution >= 4 is 11.9 Å². The van der Waals surface area contributed by atoms with Crippen molar-refractivity contribution in [1.29, 1.82) is 0 Å². The van der Waals surface area contributed by atoms with E-state index in [2.05, 4.69) is 12.1 Å². The highest BCUT2D eigenvalue weighted by molar-refractivity contribution is 5.97. The van der Waals surface area contributed by atoms with Crippen LogP contribution in [0.25, 0.3) is 0 Å². The molecule has 0 bridgehead atoms. The first-order valence-corrected chi connectivity index (χ1v) is 8.35. The van der Waals surface area contributed by atoms with Gasteiger partial charge in [-0.05, 0) is 54.7 Å². The Morgan fingerprint density at radius 2 is 1.68 bits per heavy atom. The topological polar surface area (TPSA) is 66.8 Å². The molecule has 0 radical (unpaired) electrons. The summed E-state index contributed by atoms with van der Waals surface area (Å²) in [6.07, 6.45) is 1.80. The number of benzene rings is 2. The number of carboxylic acids is 1. The smallest absolute Gasteiger partial charge is 0.335 e. The van der Waals surface area contributed by atoms with Gasteiger partial charge in [0.25, 0.3) is 5.91 Å². The summed E-state index contributed by atoms with van der Waals surface area (Å²) >= 11 is 0. The minimum Gasteiger partial charge on any atom is -0.497 e. The number of hydrogen-bond donors (Lipinski definition) is 1. The largest absolute Gasteiger partial charge is 0.497 e. The highest BCUT2D eigenvalue weighted by atomic mass is 16.5. The zero-order valence-corrected chi connectivity index (χ0v) is 14.1. The zero-order valence-electron chi connectivity index (χ0n) is 14.1. The maximum atomic E-state index is 12.6. The van der Waals surface area contributed by atoms with Crippen LogP contribution in [0.3, 0.4) is 0 Å². The Morgan fingerprint density at radius 3 is 2.28 bits per heavy atom. The molecule has 5 nitrogen and oxygen atoms in total. The molecule has 5 heteroatoms. The molecule has 1 N–H and O–H groups in total. The van der Waals surface area contributed by atoms with Gasteiger partial charge in [0.15, 0.2) is 0 Å². The lowest BCUT2D eigenvalue weighted by atomic mass is 9.89. The van der Waals surface area contributed by atoms with Crippen LogP contribution in [-0.2, 0) is 0 Å². The van der Waals surface area contributed by atoms with Crippen LogP contribution in [0.15, 0.2) is 48.5 Å². The molecule has 1 fully saturated rings. The number of rotatable bonds is 4. The fourth-order valence-electron chi connectivity index (χ4n) is 3.26. The second-order valence-corrected chi connectivity index (χ2v) is 6.23. The van der Waals surface area contributed by atoms with Crippen molar-refractivity contribution in [3.8, 4) is 5.75 Å². The van der Waals surface area contributed by atoms with E-state index in [0.29, 0.717) is 24.6 Å². The van der Waals surface area contributed by atoms with E-state index in [1.807, 2.05) is 12.1 Å². The summed E-state index contributed by atoms with van der Waals surface area (Å²) in [4.78, 5) is 25.5. The van der Waals surface area contributed by atoms with Gasteiger partial charge < -0.3 is 14.7 Å². The minimum absolute atomic E-state index is 0.101. The lowest BCUT2D eigenvalue weighted by Crippen LogP contribution is -2.38. The van der Waals surface area contributed by atoms with Crippen LogP contribution in [0.5, 0.6) is 5.75 Å². The van der Waals surface area contributed by atoms with Crippen LogP contribution in [0.4, 0.5) is 0 Å². The highest BCUT2D eigenvalue weighted by Crippen LogP contribution is 2.29. The first-order valence-electron chi connectivity index (χ1n) is 8.35. The summed E-state index contributed by atoms with van der Waals surface area (Å²) in [7, 11) is 1.65. The van der Waals surface area contributed by atoms with Gasteiger partial charge in [-0.1, -0.05) is 18.2 Å². The molecule has 25 heavy (non-hydrogen) atoms. The Labute approximate surface area is 146 Å². The Bertz CT molecular complexity index is 762. The number of carbonyl (C=O) groups excluding carboxylic acids is 1. The molecule has 0 unspecified atom stereocenters. The third-order valence-electron chi connectivity index (χ3n) is 4.73. The molecule has 2 aromatic carbocycles. The van der Waals surface area contributed by atoms with E-state index in [4.69, 9.17) is 9.84 Å². The van der Waals surface area contributed by atoms with Crippen LogP contribution >= 0.6 is 0 Å². The molecular formula is C20H21NO4. The third kappa shape index (κ3) is 3.82. The number of carboxylic acid groups (broad SMARTS) is 1. The van der Waals surface area contributed by atoms with Crippen LogP contribution in [0.2, 0.25) is 0 Å². The summed E-state index contributed by atoms with van der Waals surface area (Å²) in [6.45, 7) is 1.35. The summed E-state index contributed by atoms with van der Waals surface area (Å²) in [5.41, 5.74) is 1.84. The van der Waals surface area contributed by atoms with Crippen LogP contribution in [0.1, 0.15) is 45.0 Å². The first-order chi connectivity index (χ1) is 12.1. The number of carbonyl (C=O) groups is 2. The number of methoxy groups -OCH3 is 1. The van der Waals surface area contributed by atoms with E-state index >= 15 is 0 Å². The van der Waals surface area contributed by atoms with E-state index in [1.54, 1.807) is 24.1 Å². The van der Waals surface area contributed by atoms with Crippen molar-refractivity contribution in [2.45, 2.75) is 18.8 Å². The SMILES string of the molecule is COc1ccc(C2CCN(C(=O)c3cccc(C(=O)O)c3)CC2)cc1. The molecule has 0 atom stereocenters. The lowest BCUT2D eigenvalue weighted by molar-refractivity contribution is 0.0697.